The maximum atomic E-state index is 13.6. The molecule has 5 rings (SSSR count). The Labute approximate surface area is 200 Å². The van der Waals surface area contributed by atoms with E-state index >= 15 is 0 Å². The standard InChI is InChI=1S/C27H25FN4O3/c1-27(2,3)19-8-6-18(7-9-19)15-30-17-29-24-23(30)25(33)31(16-22-5-4-14-35-22)26(34)32(24)21-12-10-20(28)11-13-21/h4-14,17H,15-16H2,1-3H3. The van der Waals surface area contributed by atoms with Crippen LogP contribution in [-0.2, 0) is 18.5 Å². The monoisotopic (exact) mass is 472 g/mol. The van der Waals surface area contributed by atoms with E-state index in [-0.39, 0.29) is 23.1 Å². The van der Waals surface area contributed by atoms with Gasteiger partial charge in [0, 0.05) is 6.54 Å². The first kappa shape index (κ1) is 22.6. The Balaban J connectivity index is 1.68. The van der Waals surface area contributed by atoms with Gasteiger partial charge in [-0.3, -0.25) is 9.36 Å². The van der Waals surface area contributed by atoms with Crippen LogP contribution in [0.15, 0.2) is 87.3 Å². The van der Waals surface area contributed by atoms with Gasteiger partial charge in [0.2, 0.25) is 0 Å². The molecule has 0 unspecified atom stereocenters. The van der Waals surface area contributed by atoms with Gasteiger partial charge >= 0.3 is 5.69 Å². The van der Waals surface area contributed by atoms with Crippen LogP contribution in [0.2, 0.25) is 0 Å². The third-order valence-corrected chi connectivity index (χ3v) is 6.05. The number of furan rings is 1. The molecular weight excluding hydrogens is 447 g/mol. The van der Waals surface area contributed by atoms with E-state index in [2.05, 4.69) is 37.9 Å². The number of hydrogen-bond donors (Lipinski definition) is 0. The topological polar surface area (TPSA) is 75.0 Å². The summed E-state index contributed by atoms with van der Waals surface area (Å²) in [5, 5.41) is 0. The number of hydrogen-bond acceptors (Lipinski definition) is 4. The molecule has 0 fully saturated rings. The van der Waals surface area contributed by atoms with Crippen LogP contribution >= 0.6 is 0 Å². The van der Waals surface area contributed by atoms with Crippen LogP contribution in [0.3, 0.4) is 0 Å². The van der Waals surface area contributed by atoms with Gasteiger partial charge in [0.05, 0.1) is 24.8 Å². The zero-order chi connectivity index (χ0) is 24.7. The highest BCUT2D eigenvalue weighted by molar-refractivity contribution is 5.72. The van der Waals surface area contributed by atoms with E-state index in [1.54, 1.807) is 23.0 Å². The molecule has 178 valence electrons. The maximum absolute atomic E-state index is 13.6. The highest BCUT2D eigenvalue weighted by Gasteiger charge is 2.20. The molecule has 8 heteroatoms. The van der Waals surface area contributed by atoms with Crippen LogP contribution in [-0.4, -0.2) is 18.7 Å². The molecule has 0 bridgehead atoms. The fourth-order valence-corrected chi connectivity index (χ4v) is 4.13. The van der Waals surface area contributed by atoms with Crippen molar-refractivity contribution in [2.75, 3.05) is 0 Å². The van der Waals surface area contributed by atoms with Crippen LogP contribution in [0.5, 0.6) is 0 Å². The minimum atomic E-state index is -0.578. The molecule has 2 aromatic carbocycles. The van der Waals surface area contributed by atoms with E-state index in [9.17, 15) is 14.0 Å². The summed E-state index contributed by atoms with van der Waals surface area (Å²) in [4.78, 5) is 31.4. The van der Waals surface area contributed by atoms with E-state index in [1.165, 1.54) is 40.7 Å². The molecule has 0 saturated carbocycles. The first-order valence-corrected chi connectivity index (χ1v) is 11.3. The van der Waals surface area contributed by atoms with Crippen molar-refractivity contribution in [2.24, 2.45) is 0 Å². The summed E-state index contributed by atoms with van der Waals surface area (Å²) < 4.78 is 23.2. The van der Waals surface area contributed by atoms with Gasteiger partial charge in [0.25, 0.3) is 5.56 Å². The fraction of sp³-hybridized carbons (Fsp3) is 0.222. The Hall–Kier alpha value is -4.20. The molecule has 0 aliphatic carbocycles. The van der Waals surface area contributed by atoms with Crippen molar-refractivity contribution in [3.05, 3.63) is 117 Å². The normalized spacial score (nSPS) is 11.9. The molecular formula is C27H25FN4O3. The van der Waals surface area contributed by atoms with Crippen LogP contribution in [0.25, 0.3) is 16.9 Å². The lowest BCUT2D eigenvalue weighted by Gasteiger charge is -2.19. The first-order chi connectivity index (χ1) is 16.7. The molecule has 3 aromatic heterocycles. The van der Waals surface area contributed by atoms with Crippen molar-refractivity contribution in [3.63, 3.8) is 0 Å². The van der Waals surface area contributed by atoms with Crippen molar-refractivity contribution < 1.29 is 8.81 Å². The summed E-state index contributed by atoms with van der Waals surface area (Å²) in [5.41, 5.74) is 2.10. The Morgan fingerprint density at radius 2 is 1.66 bits per heavy atom. The molecule has 0 spiro atoms. The van der Waals surface area contributed by atoms with Crippen LogP contribution in [0.4, 0.5) is 4.39 Å². The van der Waals surface area contributed by atoms with Gasteiger partial charge in [-0.1, -0.05) is 45.0 Å². The largest absolute Gasteiger partial charge is 0.467 e. The quantitative estimate of drug-likeness (QED) is 0.378. The molecule has 0 aliphatic rings. The number of aromatic nitrogens is 4. The second kappa shape index (κ2) is 8.54. The summed E-state index contributed by atoms with van der Waals surface area (Å²) in [6.45, 7) is 6.83. The van der Waals surface area contributed by atoms with Crippen molar-refractivity contribution >= 4 is 11.2 Å². The van der Waals surface area contributed by atoms with Gasteiger partial charge < -0.3 is 8.98 Å². The van der Waals surface area contributed by atoms with Gasteiger partial charge in [0.1, 0.15) is 11.6 Å². The average Bonchev–Trinajstić information content (AvgIpc) is 3.48. The minimum absolute atomic E-state index is 0.0328. The molecule has 0 amide bonds. The molecule has 7 nitrogen and oxygen atoms in total. The number of nitrogens with zero attached hydrogens (tertiary/aromatic N) is 4. The Morgan fingerprint density at radius 1 is 0.943 bits per heavy atom. The van der Waals surface area contributed by atoms with Crippen molar-refractivity contribution in [1.29, 1.82) is 0 Å². The number of halogens is 1. The van der Waals surface area contributed by atoms with Gasteiger partial charge in [-0.2, -0.15) is 0 Å². The van der Waals surface area contributed by atoms with Crippen molar-refractivity contribution in [3.8, 4) is 5.69 Å². The van der Waals surface area contributed by atoms with Crippen LogP contribution in [0.1, 0.15) is 37.7 Å². The maximum Gasteiger partial charge on any atom is 0.337 e. The molecule has 0 radical (unpaired) electrons. The smallest absolute Gasteiger partial charge is 0.337 e. The highest BCUT2D eigenvalue weighted by Crippen LogP contribution is 2.23. The summed E-state index contributed by atoms with van der Waals surface area (Å²) in [7, 11) is 0. The molecule has 0 saturated heterocycles. The van der Waals surface area contributed by atoms with E-state index in [4.69, 9.17) is 4.42 Å². The zero-order valence-corrected chi connectivity index (χ0v) is 19.7. The molecule has 3 heterocycles. The number of benzene rings is 2. The lowest BCUT2D eigenvalue weighted by atomic mass is 9.87. The molecule has 0 atom stereocenters. The van der Waals surface area contributed by atoms with Crippen molar-refractivity contribution in [1.82, 2.24) is 18.7 Å². The lowest BCUT2D eigenvalue weighted by molar-refractivity contribution is 0.482. The van der Waals surface area contributed by atoms with Crippen LogP contribution in [0, 0.1) is 5.82 Å². The SMILES string of the molecule is CC(C)(C)c1ccc(Cn2cnc3c2c(=O)n(Cc2ccco2)c(=O)n3-c2ccc(F)cc2)cc1. The van der Waals surface area contributed by atoms with Gasteiger partial charge in [-0.25, -0.2) is 18.7 Å². The molecule has 0 aliphatic heterocycles. The zero-order valence-electron chi connectivity index (χ0n) is 19.7. The van der Waals surface area contributed by atoms with Gasteiger partial charge in [0.15, 0.2) is 11.2 Å². The Kier molecular flexibility index (Phi) is 5.51. The molecule has 35 heavy (non-hydrogen) atoms. The highest BCUT2D eigenvalue weighted by atomic mass is 19.1. The Bertz CT molecular complexity index is 1600. The van der Waals surface area contributed by atoms with Gasteiger partial charge in [-0.15, -0.1) is 0 Å². The third kappa shape index (κ3) is 4.23. The van der Waals surface area contributed by atoms with E-state index < -0.39 is 17.1 Å². The second-order valence-electron chi connectivity index (χ2n) is 9.56. The number of fused-ring (bicyclic) bond motifs is 1. The average molecular weight is 473 g/mol. The van der Waals surface area contributed by atoms with E-state index in [0.29, 0.717) is 18.0 Å². The van der Waals surface area contributed by atoms with E-state index in [0.717, 1.165) is 10.1 Å². The van der Waals surface area contributed by atoms with E-state index in [1.807, 2.05) is 12.1 Å². The predicted octanol–water partition coefficient (Wildman–Crippen LogP) is 4.48. The summed E-state index contributed by atoms with van der Waals surface area (Å²) >= 11 is 0. The Morgan fingerprint density at radius 3 is 2.29 bits per heavy atom. The third-order valence-electron chi connectivity index (χ3n) is 6.05. The summed E-state index contributed by atoms with van der Waals surface area (Å²) in [6, 6.07) is 17.1. The molecule has 0 N–H and O–H groups in total. The number of rotatable bonds is 5. The summed E-state index contributed by atoms with van der Waals surface area (Å²) in [5.74, 6) is 0.0456. The van der Waals surface area contributed by atoms with Gasteiger partial charge in [-0.05, 0) is 52.9 Å². The minimum Gasteiger partial charge on any atom is -0.467 e. The first-order valence-electron chi connectivity index (χ1n) is 11.3. The summed E-state index contributed by atoms with van der Waals surface area (Å²) in [6.07, 6.45) is 3.04. The predicted molar refractivity (Wildman–Crippen MR) is 132 cm³/mol. The second-order valence-corrected chi connectivity index (χ2v) is 9.56. The van der Waals surface area contributed by atoms with Crippen LogP contribution < -0.4 is 11.2 Å². The molecule has 5 aromatic rings. The number of imidazole rings is 1. The fourth-order valence-electron chi connectivity index (χ4n) is 4.13. The van der Waals surface area contributed by atoms with Crippen molar-refractivity contribution in [2.45, 2.75) is 39.3 Å². The lowest BCUT2D eigenvalue weighted by Crippen LogP contribution is -2.40.